The number of nitriles is 1. The van der Waals surface area contributed by atoms with E-state index in [-0.39, 0.29) is 0 Å². The number of alkyl halides is 3. The second-order valence-electron chi connectivity index (χ2n) is 1.79. The van der Waals surface area contributed by atoms with Crippen molar-refractivity contribution in [1.82, 2.24) is 0 Å². The molecule has 72 valence electrons. The molecule has 0 saturated heterocycles. The molecule has 0 atom stereocenters. The van der Waals surface area contributed by atoms with Crippen molar-refractivity contribution in [2.45, 2.75) is 6.18 Å². The predicted molar refractivity (Wildman–Crippen MR) is 36.6 cm³/mol. The first-order chi connectivity index (χ1) is 5.84. The largest absolute Gasteiger partial charge is 0.465 e. The first-order valence-electron chi connectivity index (χ1n) is 2.80. The van der Waals surface area contributed by atoms with Gasteiger partial charge in [-0.05, 0) is 0 Å². The van der Waals surface area contributed by atoms with Crippen molar-refractivity contribution >= 4 is 17.6 Å². The van der Waals surface area contributed by atoms with Crippen LogP contribution in [0.15, 0.2) is 10.6 Å². The molecule has 0 N–H and O–H groups in total. The summed E-state index contributed by atoms with van der Waals surface area (Å²) in [5.41, 5.74) is -1.25. The normalized spacial score (nSPS) is 12.9. The number of ether oxygens (including phenoxy) is 1. The van der Waals surface area contributed by atoms with Crippen LogP contribution in [-0.4, -0.2) is 19.3 Å². The smallest absolute Gasteiger partial charge is 0.428 e. The lowest BCUT2D eigenvalue weighted by Gasteiger charge is -2.05. The van der Waals surface area contributed by atoms with Gasteiger partial charge in [0.25, 0.3) is 0 Å². The molecule has 0 aliphatic heterocycles. The van der Waals surface area contributed by atoms with E-state index in [1.807, 2.05) is 0 Å². The van der Waals surface area contributed by atoms with Crippen LogP contribution in [0.3, 0.4) is 0 Å². The van der Waals surface area contributed by atoms with Gasteiger partial charge >= 0.3 is 12.1 Å². The maximum atomic E-state index is 11.8. The summed E-state index contributed by atoms with van der Waals surface area (Å²) in [6.45, 7) is 0. The fourth-order valence-corrected chi connectivity index (χ4v) is 0.548. The first kappa shape index (κ1) is 11.8. The monoisotopic (exact) mass is 213 g/mol. The Morgan fingerprint density at radius 1 is 1.54 bits per heavy atom. The maximum absolute atomic E-state index is 11.8. The molecule has 0 aromatic heterocycles. The molecule has 3 nitrogen and oxygen atoms in total. The van der Waals surface area contributed by atoms with Gasteiger partial charge in [0.05, 0.1) is 7.11 Å². The number of rotatable bonds is 1. The lowest BCUT2D eigenvalue weighted by Crippen LogP contribution is -2.14. The third-order valence-corrected chi connectivity index (χ3v) is 1.37. The highest BCUT2D eigenvalue weighted by atomic mass is 35.5. The first-order valence-corrected chi connectivity index (χ1v) is 3.17. The van der Waals surface area contributed by atoms with Gasteiger partial charge in [0.2, 0.25) is 0 Å². The summed E-state index contributed by atoms with van der Waals surface area (Å²) in [4.78, 5) is 10.5. The summed E-state index contributed by atoms with van der Waals surface area (Å²) < 4.78 is 39.4. The van der Waals surface area contributed by atoms with Crippen LogP contribution in [-0.2, 0) is 9.53 Å². The molecule has 0 rings (SSSR count). The van der Waals surface area contributed by atoms with Crippen LogP contribution in [0, 0.1) is 11.3 Å². The molecule has 0 heterocycles. The highest BCUT2D eigenvalue weighted by molar-refractivity contribution is 6.33. The van der Waals surface area contributed by atoms with E-state index in [2.05, 4.69) is 4.74 Å². The minimum absolute atomic E-state index is 0.847. The average molecular weight is 214 g/mol. The molecule has 0 fully saturated rings. The van der Waals surface area contributed by atoms with E-state index in [0.717, 1.165) is 13.2 Å². The fraction of sp³-hybridized carbons (Fsp3) is 0.333. The zero-order chi connectivity index (χ0) is 10.6. The maximum Gasteiger partial charge on any atom is 0.428 e. The number of methoxy groups -OCH3 is 1. The summed E-state index contributed by atoms with van der Waals surface area (Å²) in [5.74, 6) is -1.41. The van der Waals surface area contributed by atoms with Crippen molar-refractivity contribution in [3.63, 3.8) is 0 Å². The summed E-state index contributed by atoms with van der Waals surface area (Å²) >= 11 is 4.73. The molecule has 0 unspecified atom stereocenters. The number of carbonyl (C=O) groups is 1. The minimum atomic E-state index is -4.92. The molecule has 0 spiro atoms. The van der Waals surface area contributed by atoms with Crippen molar-refractivity contribution < 1.29 is 22.7 Å². The fourth-order valence-electron chi connectivity index (χ4n) is 0.428. The molecule has 0 aromatic rings. The predicted octanol–water partition coefficient (Wildman–Crippen LogP) is 1.74. The van der Waals surface area contributed by atoms with Gasteiger partial charge in [0.15, 0.2) is 5.57 Å². The second-order valence-corrected chi connectivity index (χ2v) is 2.17. The van der Waals surface area contributed by atoms with Crippen molar-refractivity contribution in [1.29, 1.82) is 5.26 Å². The lowest BCUT2D eigenvalue weighted by molar-refractivity contribution is -0.136. The third kappa shape index (κ3) is 2.95. The number of carbonyl (C=O) groups excluding carboxylic acids is 1. The Hall–Kier alpha value is -1.22. The number of allylic oxidation sites excluding steroid dienone is 1. The Bertz CT molecular complexity index is 289. The van der Waals surface area contributed by atoms with Crippen LogP contribution < -0.4 is 0 Å². The van der Waals surface area contributed by atoms with Gasteiger partial charge in [0.1, 0.15) is 11.1 Å². The zero-order valence-electron chi connectivity index (χ0n) is 6.28. The number of esters is 1. The van der Waals surface area contributed by atoms with E-state index in [0.29, 0.717) is 0 Å². The van der Waals surface area contributed by atoms with Crippen molar-refractivity contribution in [3.8, 4) is 6.07 Å². The molecule has 0 aromatic carbocycles. The molecular formula is C6H3ClF3NO2. The summed E-state index contributed by atoms with van der Waals surface area (Å²) in [7, 11) is 0.847. The van der Waals surface area contributed by atoms with Gasteiger partial charge in [-0.1, -0.05) is 11.6 Å². The highest BCUT2D eigenvalue weighted by Gasteiger charge is 2.37. The van der Waals surface area contributed by atoms with Crippen LogP contribution in [0.5, 0.6) is 0 Å². The molecule has 0 bridgehead atoms. The molecular weight excluding hydrogens is 211 g/mol. The molecule has 0 amide bonds. The van der Waals surface area contributed by atoms with Gasteiger partial charge in [-0.15, -0.1) is 0 Å². The van der Waals surface area contributed by atoms with Crippen LogP contribution >= 0.6 is 11.6 Å². The summed E-state index contributed by atoms with van der Waals surface area (Å²) in [6, 6.07) is 1.01. The van der Waals surface area contributed by atoms with Gasteiger partial charge in [-0.2, -0.15) is 18.4 Å². The molecule has 0 saturated carbocycles. The van der Waals surface area contributed by atoms with Crippen LogP contribution in [0.1, 0.15) is 0 Å². The number of hydrogen-bond donors (Lipinski definition) is 0. The van der Waals surface area contributed by atoms with Crippen LogP contribution in [0.2, 0.25) is 0 Å². The lowest BCUT2D eigenvalue weighted by atomic mass is 10.2. The van der Waals surface area contributed by atoms with E-state index in [9.17, 15) is 18.0 Å². The minimum Gasteiger partial charge on any atom is -0.465 e. The Labute approximate surface area is 76.3 Å². The highest BCUT2D eigenvalue weighted by Crippen LogP contribution is 2.31. The van der Waals surface area contributed by atoms with Crippen LogP contribution in [0.4, 0.5) is 13.2 Å². The summed E-state index contributed by atoms with van der Waals surface area (Å²) in [6.07, 6.45) is -4.92. The average Bonchev–Trinajstić information content (AvgIpc) is 2.03. The Balaban J connectivity index is 5.18. The summed E-state index contributed by atoms with van der Waals surface area (Å²) in [5, 5.41) is 6.39. The Morgan fingerprint density at radius 2 is 2.00 bits per heavy atom. The standard InChI is InChI=1S/C6H3ClF3NO2/c1-13-5(12)3(2-11)4(7)6(8,9)10/h1H3/b4-3+. The van der Waals surface area contributed by atoms with E-state index in [4.69, 9.17) is 16.9 Å². The quantitative estimate of drug-likeness (QED) is 0.379. The van der Waals surface area contributed by atoms with Gasteiger partial charge < -0.3 is 4.74 Å². The molecule has 0 aliphatic rings. The molecule has 0 aliphatic carbocycles. The second kappa shape index (κ2) is 4.14. The Morgan fingerprint density at radius 3 is 2.23 bits per heavy atom. The van der Waals surface area contributed by atoms with Crippen molar-refractivity contribution in [3.05, 3.63) is 10.6 Å². The van der Waals surface area contributed by atoms with Gasteiger partial charge in [-0.25, -0.2) is 4.79 Å². The number of hydrogen-bond acceptors (Lipinski definition) is 3. The molecule has 13 heavy (non-hydrogen) atoms. The van der Waals surface area contributed by atoms with E-state index >= 15 is 0 Å². The van der Waals surface area contributed by atoms with Gasteiger partial charge in [-0.3, -0.25) is 0 Å². The zero-order valence-corrected chi connectivity index (χ0v) is 7.03. The molecule has 0 radical (unpaired) electrons. The van der Waals surface area contributed by atoms with Crippen molar-refractivity contribution in [2.24, 2.45) is 0 Å². The van der Waals surface area contributed by atoms with Crippen molar-refractivity contribution in [2.75, 3.05) is 7.11 Å². The SMILES string of the molecule is COC(=O)/C(C#N)=C(/Cl)C(F)(F)F. The van der Waals surface area contributed by atoms with E-state index < -0.39 is 22.8 Å². The van der Waals surface area contributed by atoms with E-state index in [1.54, 1.807) is 0 Å². The Kier molecular flexibility index (Phi) is 3.75. The third-order valence-electron chi connectivity index (χ3n) is 0.970. The van der Waals surface area contributed by atoms with E-state index in [1.165, 1.54) is 0 Å². The number of nitrogens with zero attached hydrogens (tertiary/aromatic N) is 1. The molecule has 7 heteroatoms. The topological polar surface area (TPSA) is 50.1 Å². The van der Waals surface area contributed by atoms with Gasteiger partial charge in [0, 0.05) is 0 Å². The number of halogens is 4. The van der Waals surface area contributed by atoms with Crippen LogP contribution in [0.25, 0.3) is 0 Å².